The topological polar surface area (TPSA) is 38.8 Å². The number of carbonyl (C=O) groups is 1. The highest BCUT2D eigenvalue weighted by Gasteiger charge is 2.14. The molecular weight excluding hydrogens is 170 g/mol. The van der Waals surface area contributed by atoms with Crippen molar-refractivity contribution in [2.75, 3.05) is 33.4 Å². The van der Waals surface area contributed by atoms with Crippen molar-refractivity contribution in [2.24, 2.45) is 0 Å². The number of hydrogen-bond donors (Lipinski definition) is 0. The Balaban J connectivity index is 2.58. The van der Waals surface area contributed by atoms with Crippen LogP contribution in [0.25, 0.3) is 0 Å². The Labute approximate surface area is 78.1 Å². The molecule has 1 aliphatic rings. The maximum Gasteiger partial charge on any atom is 0.192 e. The standard InChI is InChI=1S/C9H15NO3/c1-8(11)7-9(12-2)10-3-5-13-6-4-10/h7H,3-6H2,1-2H3/b9-7-. The summed E-state index contributed by atoms with van der Waals surface area (Å²) < 4.78 is 10.3. The Hall–Kier alpha value is -1.03. The van der Waals surface area contributed by atoms with Gasteiger partial charge in [0.1, 0.15) is 0 Å². The summed E-state index contributed by atoms with van der Waals surface area (Å²) >= 11 is 0. The fourth-order valence-electron chi connectivity index (χ4n) is 1.24. The molecule has 0 N–H and O–H groups in total. The van der Waals surface area contributed by atoms with Crippen LogP contribution in [-0.2, 0) is 14.3 Å². The molecule has 0 amide bonds. The smallest absolute Gasteiger partial charge is 0.192 e. The highest BCUT2D eigenvalue weighted by molar-refractivity contribution is 5.87. The predicted molar refractivity (Wildman–Crippen MR) is 48.2 cm³/mol. The van der Waals surface area contributed by atoms with Crippen LogP contribution in [0.5, 0.6) is 0 Å². The van der Waals surface area contributed by atoms with E-state index in [0.717, 1.165) is 13.1 Å². The highest BCUT2D eigenvalue weighted by atomic mass is 16.5. The highest BCUT2D eigenvalue weighted by Crippen LogP contribution is 2.07. The van der Waals surface area contributed by atoms with Gasteiger partial charge in [-0.1, -0.05) is 0 Å². The summed E-state index contributed by atoms with van der Waals surface area (Å²) in [4.78, 5) is 12.8. The minimum Gasteiger partial charge on any atom is -0.482 e. The summed E-state index contributed by atoms with van der Waals surface area (Å²) in [5.74, 6) is 0.638. The second-order valence-electron chi connectivity index (χ2n) is 2.90. The van der Waals surface area contributed by atoms with Crippen molar-refractivity contribution in [1.82, 2.24) is 4.90 Å². The zero-order chi connectivity index (χ0) is 9.68. The van der Waals surface area contributed by atoms with Crippen LogP contribution in [0.15, 0.2) is 12.0 Å². The van der Waals surface area contributed by atoms with Gasteiger partial charge in [0, 0.05) is 19.2 Å². The van der Waals surface area contributed by atoms with E-state index in [1.165, 1.54) is 13.0 Å². The number of rotatable bonds is 3. The van der Waals surface area contributed by atoms with E-state index < -0.39 is 0 Å². The van der Waals surface area contributed by atoms with Gasteiger partial charge in [0.15, 0.2) is 11.7 Å². The lowest BCUT2D eigenvalue weighted by Crippen LogP contribution is -2.36. The molecule has 1 heterocycles. The number of nitrogens with zero attached hydrogens (tertiary/aromatic N) is 1. The molecule has 0 aromatic carbocycles. The third kappa shape index (κ3) is 3.06. The average Bonchev–Trinajstić information content (AvgIpc) is 2.15. The zero-order valence-electron chi connectivity index (χ0n) is 8.08. The molecule has 1 rings (SSSR count). The van der Waals surface area contributed by atoms with Crippen LogP contribution in [-0.4, -0.2) is 44.1 Å². The fraction of sp³-hybridized carbons (Fsp3) is 0.667. The van der Waals surface area contributed by atoms with Gasteiger partial charge in [0.05, 0.1) is 20.3 Å². The van der Waals surface area contributed by atoms with Gasteiger partial charge in [-0.3, -0.25) is 4.79 Å². The second kappa shape index (κ2) is 4.87. The van der Waals surface area contributed by atoms with Gasteiger partial charge >= 0.3 is 0 Å². The van der Waals surface area contributed by atoms with E-state index >= 15 is 0 Å². The van der Waals surface area contributed by atoms with Gasteiger partial charge in [-0.25, -0.2) is 0 Å². The number of ketones is 1. The first-order chi connectivity index (χ1) is 6.24. The Morgan fingerprint density at radius 2 is 2.08 bits per heavy atom. The van der Waals surface area contributed by atoms with Gasteiger partial charge in [0.25, 0.3) is 0 Å². The SMILES string of the molecule is CO/C(=C\C(C)=O)N1CCOCC1. The number of ether oxygens (including phenoxy) is 2. The largest absolute Gasteiger partial charge is 0.482 e. The minimum absolute atomic E-state index is 0.00309. The van der Waals surface area contributed by atoms with Crippen LogP contribution in [0.4, 0.5) is 0 Å². The predicted octanol–water partition coefficient (Wildman–Crippen LogP) is 0.395. The molecule has 0 unspecified atom stereocenters. The lowest BCUT2D eigenvalue weighted by atomic mass is 10.3. The zero-order valence-corrected chi connectivity index (χ0v) is 8.08. The fourth-order valence-corrected chi connectivity index (χ4v) is 1.24. The number of allylic oxidation sites excluding steroid dienone is 1. The number of hydrogen-bond acceptors (Lipinski definition) is 4. The average molecular weight is 185 g/mol. The maximum atomic E-state index is 10.8. The van der Waals surface area contributed by atoms with Crippen molar-refractivity contribution < 1.29 is 14.3 Å². The van der Waals surface area contributed by atoms with Gasteiger partial charge in [-0.05, 0) is 6.92 Å². The van der Waals surface area contributed by atoms with E-state index in [1.54, 1.807) is 7.11 Å². The lowest BCUT2D eigenvalue weighted by molar-refractivity contribution is -0.113. The van der Waals surface area contributed by atoms with Crippen molar-refractivity contribution in [3.8, 4) is 0 Å². The van der Waals surface area contributed by atoms with Gasteiger partial charge in [0.2, 0.25) is 0 Å². The summed E-state index contributed by atoms with van der Waals surface area (Å²) in [6.07, 6.45) is 1.51. The summed E-state index contributed by atoms with van der Waals surface area (Å²) in [6.45, 7) is 4.47. The van der Waals surface area contributed by atoms with Crippen LogP contribution in [0.1, 0.15) is 6.92 Å². The van der Waals surface area contributed by atoms with Gasteiger partial charge in [-0.2, -0.15) is 0 Å². The normalized spacial score (nSPS) is 18.6. The van der Waals surface area contributed by atoms with E-state index in [-0.39, 0.29) is 5.78 Å². The molecule has 0 saturated carbocycles. The molecule has 4 nitrogen and oxygen atoms in total. The summed E-state index contributed by atoms with van der Waals surface area (Å²) in [5, 5.41) is 0. The third-order valence-corrected chi connectivity index (χ3v) is 1.86. The molecule has 0 aromatic heterocycles. The monoisotopic (exact) mass is 185 g/mol. The molecule has 0 aliphatic carbocycles. The van der Waals surface area contributed by atoms with Crippen LogP contribution in [0.2, 0.25) is 0 Å². The first kappa shape index (κ1) is 10.1. The van der Waals surface area contributed by atoms with E-state index in [2.05, 4.69) is 0 Å². The maximum absolute atomic E-state index is 10.8. The molecular formula is C9H15NO3. The summed E-state index contributed by atoms with van der Waals surface area (Å²) in [5.41, 5.74) is 0. The molecule has 0 radical (unpaired) electrons. The number of methoxy groups -OCH3 is 1. The molecule has 74 valence electrons. The van der Waals surface area contributed by atoms with Crippen molar-refractivity contribution in [3.05, 3.63) is 12.0 Å². The lowest BCUT2D eigenvalue weighted by Gasteiger charge is -2.29. The number of morpholine rings is 1. The Morgan fingerprint density at radius 3 is 2.54 bits per heavy atom. The minimum atomic E-state index is 0.00309. The Kier molecular flexibility index (Phi) is 3.76. The molecule has 0 bridgehead atoms. The van der Waals surface area contributed by atoms with Crippen LogP contribution in [0.3, 0.4) is 0 Å². The van der Waals surface area contributed by atoms with Gasteiger partial charge in [-0.15, -0.1) is 0 Å². The first-order valence-electron chi connectivity index (χ1n) is 4.33. The molecule has 1 fully saturated rings. The molecule has 0 atom stereocenters. The van der Waals surface area contributed by atoms with Crippen LogP contribution >= 0.6 is 0 Å². The van der Waals surface area contributed by atoms with E-state index in [0.29, 0.717) is 19.1 Å². The first-order valence-corrected chi connectivity index (χ1v) is 4.33. The molecule has 1 aliphatic heterocycles. The molecule has 13 heavy (non-hydrogen) atoms. The van der Waals surface area contributed by atoms with Gasteiger partial charge < -0.3 is 14.4 Å². The van der Waals surface area contributed by atoms with Crippen LogP contribution < -0.4 is 0 Å². The summed E-state index contributed by atoms with van der Waals surface area (Å²) in [6, 6.07) is 0. The molecule has 0 aromatic rings. The second-order valence-corrected chi connectivity index (χ2v) is 2.90. The Morgan fingerprint density at radius 1 is 1.46 bits per heavy atom. The molecule has 1 saturated heterocycles. The van der Waals surface area contributed by atoms with Crippen LogP contribution in [0, 0.1) is 0 Å². The van der Waals surface area contributed by atoms with Crippen molar-refractivity contribution >= 4 is 5.78 Å². The van der Waals surface area contributed by atoms with E-state index in [4.69, 9.17) is 9.47 Å². The molecule has 4 heteroatoms. The van der Waals surface area contributed by atoms with Crippen molar-refractivity contribution in [1.29, 1.82) is 0 Å². The Bertz CT molecular complexity index is 207. The number of carbonyl (C=O) groups excluding carboxylic acids is 1. The summed E-state index contributed by atoms with van der Waals surface area (Å²) in [7, 11) is 1.57. The van der Waals surface area contributed by atoms with Crippen molar-refractivity contribution in [2.45, 2.75) is 6.92 Å². The van der Waals surface area contributed by atoms with Crippen molar-refractivity contribution in [3.63, 3.8) is 0 Å². The quantitative estimate of drug-likeness (QED) is 0.471. The molecule has 0 spiro atoms. The third-order valence-electron chi connectivity index (χ3n) is 1.86. The van der Waals surface area contributed by atoms with E-state index in [1.807, 2.05) is 4.90 Å². The van der Waals surface area contributed by atoms with E-state index in [9.17, 15) is 4.79 Å².